The van der Waals surface area contributed by atoms with Crippen LogP contribution in [0.5, 0.6) is 0 Å². The van der Waals surface area contributed by atoms with Crippen molar-refractivity contribution in [2.75, 3.05) is 6.61 Å². The molecule has 3 N–H and O–H groups in total. The van der Waals surface area contributed by atoms with Crippen molar-refractivity contribution in [1.82, 2.24) is 0 Å². The summed E-state index contributed by atoms with van der Waals surface area (Å²) in [5, 5.41) is 8.43. The number of aliphatic carboxylic acids is 1. The molecule has 5 nitrogen and oxygen atoms in total. The van der Waals surface area contributed by atoms with Crippen molar-refractivity contribution in [3.8, 4) is 0 Å². The van der Waals surface area contributed by atoms with Gasteiger partial charge in [-0.25, -0.2) is 4.79 Å². The Bertz CT molecular complexity index is 326. The van der Waals surface area contributed by atoms with Crippen LogP contribution in [-0.4, -0.2) is 35.4 Å². The first-order chi connectivity index (χ1) is 7.02. The SMILES string of the molecule is C=C(COC(C)(C(=O)O)C(F)(F)F)C(N)=O. The second-order valence-electron chi connectivity index (χ2n) is 3.09. The van der Waals surface area contributed by atoms with Gasteiger partial charge < -0.3 is 15.6 Å². The highest BCUT2D eigenvalue weighted by Gasteiger charge is 2.58. The van der Waals surface area contributed by atoms with Crippen LogP contribution >= 0.6 is 0 Å². The van der Waals surface area contributed by atoms with Crippen LogP contribution < -0.4 is 5.73 Å². The van der Waals surface area contributed by atoms with Gasteiger partial charge in [0.25, 0.3) is 5.60 Å². The molecule has 1 amide bonds. The third-order valence-electron chi connectivity index (χ3n) is 1.83. The average Bonchev–Trinajstić information content (AvgIpc) is 2.10. The minimum Gasteiger partial charge on any atom is -0.479 e. The first-order valence-corrected chi connectivity index (χ1v) is 3.94. The molecule has 1 unspecified atom stereocenters. The normalized spacial score (nSPS) is 15.2. The molecule has 0 aromatic rings. The number of ether oxygens (including phenoxy) is 1. The van der Waals surface area contributed by atoms with Crippen molar-refractivity contribution < 1.29 is 32.6 Å². The lowest BCUT2D eigenvalue weighted by Gasteiger charge is -2.27. The first kappa shape index (κ1) is 14.4. The van der Waals surface area contributed by atoms with Crippen LogP contribution in [0.25, 0.3) is 0 Å². The maximum atomic E-state index is 12.4. The van der Waals surface area contributed by atoms with Gasteiger partial charge in [0.15, 0.2) is 0 Å². The summed E-state index contributed by atoms with van der Waals surface area (Å²) < 4.78 is 41.2. The lowest BCUT2D eigenvalue weighted by atomic mass is 10.1. The van der Waals surface area contributed by atoms with Gasteiger partial charge in [-0.1, -0.05) is 6.58 Å². The number of alkyl halides is 3. The molecule has 0 rings (SSSR count). The van der Waals surface area contributed by atoms with E-state index in [2.05, 4.69) is 11.3 Å². The van der Waals surface area contributed by atoms with Gasteiger partial charge in [-0.15, -0.1) is 0 Å². The third-order valence-corrected chi connectivity index (χ3v) is 1.83. The Morgan fingerprint density at radius 3 is 2.12 bits per heavy atom. The molecule has 0 saturated carbocycles. The van der Waals surface area contributed by atoms with E-state index in [1.807, 2.05) is 0 Å². The molecule has 0 spiro atoms. The molecule has 8 heteroatoms. The Balaban J connectivity index is 4.80. The molecule has 0 aliphatic carbocycles. The summed E-state index contributed by atoms with van der Waals surface area (Å²) in [5.74, 6) is -3.27. The van der Waals surface area contributed by atoms with Gasteiger partial charge in [0.05, 0.1) is 6.61 Å². The molecule has 92 valence electrons. The van der Waals surface area contributed by atoms with Crippen LogP contribution in [0.15, 0.2) is 12.2 Å². The smallest absolute Gasteiger partial charge is 0.428 e. The summed E-state index contributed by atoms with van der Waals surface area (Å²) in [6.07, 6.45) is -5.11. The zero-order chi connectivity index (χ0) is 13.1. The lowest BCUT2D eigenvalue weighted by molar-refractivity contribution is -0.266. The summed E-state index contributed by atoms with van der Waals surface area (Å²) in [7, 11) is 0. The fraction of sp³-hybridized carbons (Fsp3) is 0.500. The minimum absolute atomic E-state index is 0.337. The quantitative estimate of drug-likeness (QED) is 0.684. The summed E-state index contributed by atoms with van der Waals surface area (Å²) in [6, 6.07) is 0. The van der Waals surface area contributed by atoms with E-state index in [0.717, 1.165) is 0 Å². The maximum absolute atomic E-state index is 12.4. The second-order valence-corrected chi connectivity index (χ2v) is 3.09. The predicted octanol–water partition coefficient (Wildman–Crippen LogP) is 0.450. The summed E-state index contributed by atoms with van der Waals surface area (Å²) >= 11 is 0. The van der Waals surface area contributed by atoms with E-state index in [9.17, 15) is 22.8 Å². The van der Waals surface area contributed by atoms with Gasteiger partial charge in [-0.2, -0.15) is 13.2 Å². The van der Waals surface area contributed by atoms with Crippen LogP contribution in [-0.2, 0) is 14.3 Å². The highest BCUT2D eigenvalue weighted by molar-refractivity contribution is 5.91. The number of amides is 1. The van der Waals surface area contributed by atoms with Gasteiger partial charge in [0.1, 0.15) is 0 Å². The largest absolute Gasteiger partial charge is 0.479 e. The first-order valence-electron chi connectivity index (χ1n) is 3.94. The average molecular weight is 241 g/mol. The predicted molar refractivity (Wildman–Crippen MR) is 46.4 cm³/mol. The number of hydrogen-bond acceptors (Lipinski definition) is 3. The molecule has 16 heavy (non-hydrogen) atoms. The Morgan fingerprint density at radius 2 is 1.88 bits per heavy atom. The number of carbonyl (C=O) groups is 2. The zero-order valence-electron chi connectivity index (χ0n) is 8.30. The molecule has 0 aliphatic heterocycles. The standard InChI is InChI=1S/C8H10F3NO4/c1-4(5(12)13)3-16-7(2,6(14)15)8(9,10)11/h1,3H2,2H3,(H2,12,13)(H,14,15). The minimum atomic E-state index is -5.11. The van der Waals surface area contributed by atoms with Crippen molar-refractivity contribution in [2.45, 2.75) is 18.7 Å². The summed E-state index contributed by atoms with van der Waals surface area (Å²) in [4.78, 5) is 20.9. The lowest BCUT2D eigenvalue weighted by Crippen LogP contribution is -2.52. The van der Waals surface area contributed by atoms with Crippen molar-refractivity contribution in [1.29, 1.82) is 0 Å². The van der Waals surface area contributed by atoms with E-state index in [0.29, 0.717) is 6.92 Å². The fourth-order valence-electron chi connectivity index (χ4n) is 0.567. The van der Waals surface area contributed by atoms with Gasteiger partial charge in [-0.05, 0) is 6.92 Å². The molecule has 0 heterocycles. The monoisotopic (exact) mass is 241 g/mol. The third kappa shape index (κ3) is 2.96. The van der Waals surface area contributed by atoms with Gasteiger partial charge in [0, 0.05) is 5.57 Å². The van der Waals surface area contributed by atoms with E-state index in [-0.39, 0.29) is 0 Å². The number of nitrogens with two attached hydrogens (primary N) is 1. The van der Waals surface area contributed by atoms with E-state index >= 15 is 0 Å². The Kier molecular flexibility index (Phi) is 4.07. The molecule has 0 fully saturated rings. The fourth-order valence-corrected chi connectivity index (χ4v) is 0.567. The number of rotatable bonds is 5. The van der Waals surface area contributed by atoms with Crippen LogP contribution in [0.2, 0.25) is 0 Å². The van der Waals surface area contributed by atoms with Gasteiger partial charge in [0.2, 0.25) is 5.91 Å². The van der Waals surface area contributed by atoms with Crippen LogP contribution in [0, 0.1) is 0 Å². The second kappa shape index (κ2) is 4.52. The molecule has 1 atom stereocenters. The molecular weight excluding hydrogens is 231 g/mol. The Morgan fingerprint density at radius 1 is 1.44 bits per heavy atom. The molecular formula is C8H10F3NO4. The summed E-state index contributed by atoms with van der Waals surface area (Å²) in [5.41, 5.74) is 0.858. The maximum Gasteiger partial charge on any atom is 0.428 e. The van der Waals surface area contributed by atoms with E-state index in [1.165, 1.54) is 0 Å². The molecule has 0 bridgehead atoms. The number of primary amides is 1. The molecule has 0 radical (unpaired) electrons. The van der Waals surface area contributed by atoms with Crippen LogP contribution in [0.4, 0.5) is 13.2 Å². The van der Waals surface area contributed by atoms with Crippen LogP contribution in [0.1, 0.15) is 6.92 Å². The van der Waals surface area contributed by atoms with Crippen molar-refractivity contribution in [2.24, 2.45) is 5.73 Å². The highest BCUT2D eigenvalue weighted by Crippen LogP contribution is 2.33. The topological polar surface area (TPSA) is 89.6 Å². The number of carboxylic acid groups (broad SMARTS) is 1. The number of carbonyl (C=O) groups excluding carboxylic acids is 1. The molecule has 0 aromatic carbocycles. The Labute approximate surface area is 88.7 Å². The molecule has 0 aliphatic rings. The molecule has 0 aromatic heterocycles. The summed E-state index contributed by atoms with van der Waals surface area (Å²) in [6.45, 7) is 2.47. The van der Waals surface area contributed by atoms with Crippen LogP contribution in [0.3, 0.4) is 0 Å². The van der Waals surface area contributed by atoms with Gasteiger partial charge >= 0.3 is 12.1 Å². The van der Waals surface area contributed by atoms with E-state index in [1.54, 1.807) is 0 Å². The van der Waals surface area contributed by atoms with E-state index < -0.39 is 35.8 Å². The van der Waals surface area contributed by atoms with Crippen molar-refractivity contribution >= 4 is 11.9 Å². The number of hydrogen-bond donors (Lipinski definition) is 2. The number of carboxylic acids is 1. The molecule has 0 saturated heterocycles. The van der Waals surface area contributed by atoms with Crippen molar-refractivity contribution in [3.63, 3.8) is 0 Å². The van der Waals surface area contributed by atoms with Crippen molar-refractivity contribution in [3.05, 3.63) is 12.2 Å². The zero-order valence-corrected chi connectivity index (χ0v) is 8.30. The highest BCUT2D eigenvalue weighted by atomic mass is 19.4. The van der Waals surface area contributed by atoms with Gasteiger partial charge in [-0.3, -0.25) is 4.79 Å². The Hall–Kier alpha value is -1.57. The van der Waals surface area contributed by atoms with E-state index in [4.69, 9.17) is 10.8 Å². The number of halogens is 3.